The second-order valence-electron chi connectivity index (χ2n) is 4.35. The highest BCUT2D eigenvalue weighted by atomic mass is 16.3. The summed E-state index contributed by atoms with van der Waals surface area (Å²) in [6.45, 7) is 4.56. The second-order valence-corrected chi connectivity index (χ2v) is 4.35. The van der Waals surface area contributed by atoms with Gasteiger partial charge in [0.05, 0.1) is 6.10 Å². The van der Waals surface area contributed by atoms with Gasteiger partial charge in [-0.1, -0.05) is 0 Å². The zero-order chi connectivity index (χ0) is 8.55. The molecule has 1 aliphatic heterocycles. The summed E-state index contributed by atoms with van der Waals surface area (Å²) in [5, 5.41) is 9.34. The molecule has 0 aromatic heterocycles. The molecule has 0 aromatic carbocycles. The minimum Gasteiger partial charge on any atom is -0.393 e. The highest BCUT2D eigenvalue weighted by Crippen LogP contribution is 2.35. The summed E-state index contributed by atoms with van der Waals surface area (Å²) in [4.78, 5) is 2.55. The van der Waals surface area contributed by atoms with Gasteiger partial charge in [0.1, 0.15) is 0 Å². The van der Waals surface area contributed by atoms with Crippen molar-refractivity contribution in [1.29, 1.82) is 0 Å². The standard InChI is InChI=1S/C10H19NO/c1-8(9-2-3-9)11-6-4-10(12)5-7-11/h8-10,12H,2-7H2,1H3. The summed E-state index contributed by atoms with van der Waals surface area (Å²) in [5.41, 5.74) is 0. The molecular formula is C10H19NO. The summed E-state index contributed by atoms with van der Waals surface area (Å²) in [6, 6.07) is 0.775. The number of piperidine rings is 1. The normalized spacial score (nSPS) is 30.5. The van der Waals surface area contributed by atoms with Gasteiger partial charge >= 0.3 is 0 Å². The first-order chi connectivity index (χ1) is 5.77. The Balaban J connectivity index is 1.80. The zero-order valence-electron chi connectivity index (χ0n) is 7.87. The van der Waals surface area contributed by atoms with Crippen LogP contribution in [0.2, 0.25) is 0 Å². The molecule has 0 radical (unpaired) electrons. The van der Waals surface area contributed by atoms with E-state index < -0.39 is 0 Å². The average molecular weight is 169 g/mol. The van der Waals surface area contributed by atoms with Crippen LogP contribution in [0.3, 0.4) is 0 Å². The molecule has 1 unspecified atom stereocenters. The van der Waals surface area contributed by atoms with Gasteiger partial charge in [0.15, 0.2) is 0 Å². The highest BCUT2D eigenvalue weighted by molar-refractivity contribution is 4.87. The van der Waals surface area contributed by atoms with E-state index in [-0.39, 0.29) is 6.10 Å². The lowest BCUT2D eigenvalue weighted by Gasteiger charge is -2.34. The van der Waals surface area contributed by atoms with E-state index in [1.165, 1.54) is 12.8 Å². The minimum atomic E-state index is -0.0207. The maximum Gasteiger partial charge on any atom is 0.0564 e. The van der Waals surface area contributed by atoms with Crippen LogP contribution in [0.1, 0.15) is 32.6 Å². The fraction of sp³-hybridized carbons (Fsp3) is 1.00. The number of hydrogen-bond acceptors (Lipinski definition) is 2. The van der Waals surface area contributed by atoms with E-state index in [4.69, 9.17) is 0 Å². The van der Waals surface area contributed by atoms with Crippen molar-refractivity contribution in [3.8, 4) is 0 Å². The Labute approximate surface area is 74.6 Å². The Morgan fingerprint density at radius 1 is 1.17 bits per heavy atom. The van der Waals surface area contributed by atoms with E-state index in [2.05, 4.69) is 11.8 Å². The van der Waals surface area contributed by atoms with Gasteiger partial charge in [-0.05, 0) is 38.5 Å². The molecule has 1 atom stereocenters. The summed E-state index contributed by atoms with van der Waals surface area (Å²) in [7, 11) is 0. The van der Waals surface area contributed by atoms with Crippen molar-refractivity contribution in [2.75, 3.05) is 13.1 Å². The summed E-state index contributed by atoms with van der Waals surface area (Å²) < 4.78 is 0. The van der Waals surface area contributed by atoms with Crippen LogP contribution in [0, 0.1) is 5.92 Å². The lowest BCUT2D eigenvalue weighted by molar-refractivity contribution is 0.0596. The van der Waals surface area contributed by atoms with E-state index in [0.29, 0.717) is 0 Å². The number of aliphatic hydroxyl groups is 1. The Morgan fingerprint density at radius 2 is 1.75 bits per heavy atom. The van der Waals surface area contributed by atoms with Gasteiger partial charge in [0.2, 0.25) is 0 Å². The Bertz CT molecular complexity index is 148. The molecule has 0 bridgehead atoms. The van der Waals surface area contributed by atoms with E-state index in [1.807, 2.05) is 0 Å². The van der Waals surface area contributed by atoms with E-state index in [0.717, 1.165) is 37.9 Å². The maximum atomic E-state index is 9.34. The van der Waals surface area contributed by atoms with Gasteiger partial charge in [0.25, 0.3) is 0 Å². The van der Waals surface area contributed by atoms with Crippen molar-refractivity contribution in [1.82, 2.24) is 4.90 Å². The monoisotopic (exact) mass is 169 g/mol. The molecule has 1 aliphatic carbocycles. The van der Waals surface area contributed by atoms with Crippen LogP contribution in [0.25, 0.3) is 0 Å². The van der Waals surface area contributed by atoms with Crippen molar-refractivity contribution < 1.29 is 5.11 Å². The topological polar surface area (TPSA) is 23.5 Å². The molecule has 12 heavy (non-hydrogen) atoms. The quantitative estimate of drug-likeness (QED) is 0.672. The van der Waals surface area contributed by atoms with E-state index >= 15 is 0 Å². The van der Waals surface area contributed by atoms with Crippen LogP contribution in [0.4, 0.5) is 0 Å². The molecule has 2 nitrogen and oxygen atoms in total. The Morgan fingerprint density at radius 3 is 2.25 bits per heavy atom. The molecule has 1 saturated heterocycles. The molecular weight excluding hydrogens is 150 g/mol. The lowest BCUT2D eigenvalue weighted by Crippen LogP contribution is -2.42. The molecule has 1 N–H and O–H groups in total. The predicted molar refractivity (Wildman–Crippen MR) is 49.0 cm³/mol. The molecule has 2 rings (SSSR count). The van der Waals surface area contributed by atoms with E-state index in [9.17, 15) is 5.11 Å². The van der Waals surface area contributed by atoms with Crippen molar-refractivity contribution in [2.45, 2.75) is 44.8 Å². The van der Waals surface area contributed by atoms with Crippen LogP contribution in [-0.2, 0) is 0 Å². The molecule has 0 aromatic rings. The molecule has 1 heterocycles. The third-order valence-corrected chi connectivity index (χ3v) is 3.38. The van der Waals surface area contributed by atoms with Gasteiger partial charge < -0.3 is 10.0 Å². The minimum absolute atomic E-state index is 0.0207. The number of likely N-dealkylation sites (tertiary alicyclic amines) is 1. The van der Waals surface area contributed by atoms with Gasteiger partial charge in [-0.15, -0.1) is 0 Å². The SMILES string of the molecule is CC(C1CC1)N1CCC(O)CC1. The Hall–Kier alpha value is -0.0800. The van der Waals surface area contributed by atoms with Gasteiger partial charge in [0, 0.05) is 19.1 Å². The summed E-state index contributed by atoms with van der Waals surface area (Å²) in [5.74, 6) is 0.972. The van der Waals surface area contributed by atoms with Crippen LogP contribution in [0.5, 0.6) is 0 Å². The number of nitrogens with zero attached hydrogens (tertiary/aromatic N) is 1. The predicted octanol–water partition coefficient (Wildman–Crippen LogP) is 1.24. The van der Waals surface area contributed by atoms with Gasteiger partial charge in [-0.25, -0.2) is 0 Å². The largest absolute Gasteiger partial charge is 0.393 e. The molecule has 2 aliphatic rings. The summed E-state index contributed by atoms with van der Waals surface area (Å²) >= 11 is 0. The van der Waals surface area contributed by atoms with Crippen LogP contribution >= 0.6 is 0 Å². The fourth-order valence-corrected chi connectivity index (χ4v) is 2.17. The molecule has 1 saturated carbocycles. The van der Waals surface area contributed by atoms with E-state index in [1.54, 1.807) is 0 Å². The van der Waals surface area contributed by atoms with Crippen molar-refractivity contribution in [3.05, 3.63) is 0 Å². The molecule has 70 valence electrons. The van der Waals surface area contributed by atoms with Crippen molar-refractivity contribution in [2.24, 2.45) is 5.92 Å². The average Bonchev–Trinajstić information content (AvgIpc) is 2.87. The second kappa shape index (κ2) is 3.35. The maximum absolute atomic E-state index is 9.34. The Kier molecular flexibility index (Phi) is 2.37. The summed E-state index contributed by atoms with van der Waals surface area (Å²) in [6.07, 6.45) is 4.81. The third kappa shape index (κ3) is 1.80. The molecule has 0 spiro atoms. The van der Waals surface area contributed by atoms with Crippen molar-refractivity contribution in [3.63, 3.8) is 0 Å². The van der Waals surface area contributed by atoms with Crippen LogP contribution in [-0.4, -0.2) is 35.2 Å². The number of aliphatic hydroxyl groups excluding tert-OH is 1. The van der Waals surface area contributed by atoms with Crippen molar-refractivity contribution >= 4 is 0 Å². The highest BCUT2D eigenvalue weighted by Gasteiger charge is 2.33. The number of hydrogen-bond donors (Lipinski definition) is 1. The van der Waals surface area contributed by atoms with Gasteiger partial charge in [-0.2, -0.15) is 0 Å². The number of rotatable bonds is 2. The molecule has 2 heteroatoms. The van der Waals surface area contributed by atoms with Crippen LogP contribution in [0.15, 0.2) is 0 Å². The zero-order valence-corrected chi connectivity index (χ0v) is 7.87. The molecule has 2 fully saturated rings. The van der Waals surface area contributed by atoms with Gasteiger partial charge in [-0.3, -0.25) is 0 Å². The molecule has 0 amide bonds. The lowest BCUT2D eigenvalue weighted by atomic mass is 10.0. The first-order valence-corrected chi connectivity index (χ1v) is 5.19. The first-order valence-electron chi connectivity index (χ1n) is 5.19. The van der Waals surface area contributed by atoms with Crippen LogP contribution < -0.4 is 0 Å². The fourth-order valence-electron chi connectivity index (χ4n) is 2.17. The smallest absolute Gasteiger partial charge is 0.0564 e. The third-order valence-electron chi connectivity index (χ3n) is 3.38. The first kappa shape index (κ1) is 8.52.